The third-order valence-electron chi connectivity index (χ3n) is 4.51. The maximum absolute atomic E-state index is 11.6. The van der Waals surface area contributed by atoms with Gasteiger partial charge in [-0.1, -0.05) is 19.3 Å². The molecule has 0 aliphatic heterocycles. The van der Waals surface area contributed by atoms with Gasteiger partial charge >= 0.3 is 5.97 Å². The fourth-order valence-corrected chi connectivity index (χ4v) is 3.51. The molecule has 16 heavy (non-hydrogen) atoms. The van der Waals surface area contributed by atoms with Gasteiger partial charge in [0.05, 0.1) is 19.1 Å². The fourth-order valence-electron chi connectivity index (χ4n) is 3.51. The summed E-state index contributed by atoms with van der Waals surface area (Å²) >= 11 is 0. The first kappa shape index (κ1) is 11.9. The van der Waals surface area contributed by atoms with E-state index in [4.69, 9.17) is 4.74 Å². The lowest BCUT2D eigenvalue weighted by atomic mass is 9.62. The van der Waals surface area contributed by atoms with Crippen LogP contribution in [0.4, 0.5) is 0 Å². The summed E-state index contributed by atoms with van der Waals surface area (Å²) in [4.78, 5) is 11.6. The molecule has 1 spiro atoms. The van der Waals surface area contributed by atoms with E-state index in [0.717, 1.165) is 19.3 Å². The summed E-state index contributed by atoms with van der Waals surface area (Å²) in [5.74, 6) is -0.506. The van der Waals surface area contributed by atoms with E-state index in [1.165, 1.54) is 39.2 Å². The second-order valence-corrected chi connectivity index (χ2v) is 5.50. The SMILES string of the molecule is COC(=O)C1CC2(CCCCC2)CCC1O. The Bertz CT molecular complexity index is 256. The highest BCUT2D eigenvalue weighted by atomic mass is 16.5. The van der Waals surface area contributed by atoms with Gasteiger partial charge in [-0.25, -0.2) is 0 Å². The number of ether oxygens (including phenoxy) is 1. The highest BCUT2D eigenvalue weighted by molar-refractivity contribution is 5.73. The van der Waals surface area contributed by atoms with E-state index in [-0.39, 0.29) is 11.9 Å². The van der Waals surface area contributed by atoms with Crippen molar-refractivity contribution in [3.8, 4) is 0 Å². The molecular weight excluding hydrogens is 204 g/mol. The standard InChI is InChI=1S/C13H22O3/c1-16-12(15)10-9-13(8-5-11(10)14)6-3-2-4-7-13/h10-11,14H,2-9H2,1H3. The number of hydrogen-bond acceptors (Lipinski definition) is 3. The van der Waals surface area contributed by atoms with Crippen molar-refractivity contribution in [1.82, 2.24) is 0 Å². The number of hydrogen-bond donors (Lipinski definition) is 1. The zero-order valence-corrected chi connectivity index (χ0v) is 10.1. The highest BCUT2D eigenvalue weighted by Gasteiger charge is 2.43. The third kappa shape index (κ3) is 2.24. The lowest BCUT2D eigenvalue weighted by molar-refractivity contribution is -0.154. The van der Waals surface area contributed by atoms with Gasteiger partial charge in [-0.05, 0) is 37.5 Å². The van der Waals surface area contributed by atoms with Gasteiger partial charge in [0.25, 0.3) is 0 Å². The van der Waals surface area contributed by atoms with E-state index < -0.39 is 6.10 Å². The Morgan fingerprint density at radius 2 is 1.94 bits per heavy atom. The molecule has 2 saturated carbocycles. The fraction of sp³-hybridized carbons (Fsp3) is 0.923. The minimum absolute atomic E-state index is 0.225. The quantitative estimate of drug-likeness (QED) is 0.698. The minimum atomic E-state index is -0.486. The molecule has 1 N–H and O–H groups in total. The van der Waals surface area contributed by atoms with Crippen molar-refractivity contribution in [1.29, 1.82) is 0 Å². The molecule has 3 nitrogen and oxygen atoms in total. The lowest BCUT2D eigenvalue weighted by Gasteiger charge is -2.44. The molecule has 92 valence electrons. The molecule has 0 aromatic carbocycles. The summed E-state index contributed by atoms with van der Waals surface area (Å²) in [5, 5.41) is 9.88. The maximum Gasteiger partial charge on any atom is 0.311 e. The predicted molar refractivity (Wildman–Crippen MR) is 60.9 cm³/mol. The van der Waals surface area contributed by atoms with Crippen LogP contribution in [0.1, 0.15) is 51.4 Å². The number of aliphatic hydroxyl groups is 1. The molecule has 0 bridgehead atoms. The first-order chi connectivity index (χ1) is 7.67. The lowest BCUT2D eigenvalue weighted by Crippen LogP contribution is -2.41. The summed E-state index contributed by atoms with van der Waals surface area (Å²) in [6, 6.07) is 0. The van der Waals surface area contributed by atoms with Crippen LogP contribution in [0.3, 0.4) is 0 Å². The average molecular weight is 226 g/mol. The second kappa shape index (κ2) is 4.74. The molecule has 0 aromatic heterocycles. The number of esters is 1. The van der Waals surface area contributed by atoms with Crippen LogP contribution in [-0.2, 0) is 9.53 Å². The maximum atomic E-state index is 11.6. The molecule has 0 radical (unpaired) electrons. The normalized spacial score (nSPS) is 33.6. The molecule has 2 fully saturated rings. The van der Waals surface area contributed by atoms with Crippen LogP contribution in [0.25, 0.3) is 0 Å². The van der Waals surface area contributed by atoms with Crippen LogP contribution >= 0.6 is 0 Å². The topological polar surface area (TPSA) is 46.5 Å². The van der Waals surface area contributed by atoms with Crippen molar-refractivity contribution in [2.24, 2.45) is 11.3 Å². The zero-order chi connectivity index (χ0) is 11.6. The number of methoxy groups -OCH3 is 1. The molecule has 2 atom stereocenters. The minimum Gasteiger partial charge on any atom is -0.469 e. The molecular formula is C13H22O3. The van der Waals surface area contributed by atoms with Crippen molar-refractivity contribution in [2.75, 3.05) is 7.11 Å². The van der Waals surface area contributed by atoms with Gasteiger partial charge in [0, 0.05) is 0 Å². The van der Waals surface area contributed by atoms with E-state index in [2.05, 4.69) is 0 Å². The Labute approximate surface area is 97.2 Å². The molecule has 2 unspecified atom stereocenters. The first-order valence-corrected chi connectivity index (χ1v) is 6.43. The number of aliphatic hydroxyl groups excluding tert-OH is 1. The highest BCUT2D eigenvalue weighted by Crippen LogP contribution is 2.49. The first-order valence-electron chi connectivity index (χ1n) is 6.43. The van der Waals surface area contributed by atoms with Crippen LogP contribution < -0.4 is 0 Å². The van der Waals surface area contributed by atoms with Gasteiger partial charge in [0.1, 0.15) is 0 Å². The van der Waals surface area contributed by atoms with Crippen LogP contribution in [0.15, 0.2) is 0 Å². The Morgan fingerprint density at radius 1 is 1.25 bits per heavy atom. The van der Waals surface area contributed by atoms with E-state index in [1.807, 2.05) is 0 Å². The molecule has 0 aromatic rings. The Balaban J connectivity index is 2.05. The summed E-state index contributed by atoms with van der Waals surface area (Å²) in [5.41, 5.74) is 0.330. The summed E-state index contributed by atoms with van der Waals surface area (Å²) in [6.07, 6.45) is 8.55. The molecule has 0 amide bonds. The van der Waals surface area contributed by atoms with Gasteiger partial charge < -0.3 is 9.84 Å². The van der Waals surface area contributed by atoms with Crippen molar-refractivity contribution < 1.29 is 14.6 Å². The molecule has 2 aliphatic rings. The van der Waals surface area contributed by atoms with E-state index >= 15 is 0 Å². The van der Waals surface area contributed by atoms with Gasteiger partial charge in [0.2, 0.25) is 0 Å². The van der Waals surface area contributed by atoms with Crippen LogP contribution in [0.5, 0.6) is 0 Å². The zero-order valence-electron chi connectivity index (χ0n) is 10.1. The average Bonchev–Trinajstić information content (AvgIpc) is 2.33. The molecule has 2 rings (SSSR count). The van der Waals surface area contributed by atoms with Gasteiger partial charge in [-0.15, -0.1) is 0 Å². The Kier molecular flexibility index (Phi) is 3.53. The predicted octanol–water partition coefficient (Wildman–Crippen LogP) is 2.27. The number of rotatable bonds is 1. The van der Waals surface area contributed by atoms with E-state index in [0.29, 0.717) is 5.41 Å². The molecule has 2 aliphatic carbocycles. The van der Waals surface area contributed by atoms with Gasteiger partial charge in [-0.3, -0.25) is 4.79 Å². The van der Waals surface area contributed by atoms with Gasteiger partial charge in [-0.2, -0.15) is 0 Å². The molecule has 3 heteroatoms. The van der Waals surface area contributed by atoms with Crippen molar-refractivity contribution >= 4 is 5.97 Å². The third-order valence-corrected chi connectivity index (χ3v) is 4.51. The van der Waals surface area contributed by atoms with Crippen molar-refractivity contribution in [3.05, 3.63) is 0 Å². The largest absolute Gasteiger partial charge is 0.469 e. The van der Waals surface area contributed by atoms with E-state index in [9.17, 15) is 9.90 Å². The number of carbonyl (C=O) groups is 1. The Hall–Kier alpha value is -0.570. The molecule has 0 heterocycles. The monoisotopic (exact) mass is 226 g/mol. The summed E-state index contributed by atoms with van der Waals surface area (Å²) in [7, 11) is 1.41. The Morgan fingerprint density at radius 3 is 2.56 bits per heavy atom. The van der Waals surface area contributed by atoms with Crippen molar-refractivity contribution in [2.45, 2.75) is 57.5 Å². The van der Waals surface area contributed by atoms with E-state index in [1.54, 1.807) is 0 Å². The summed E-state index contributed by atoms with van der Waals surface area (Å²) in [6.45, 7) is 0. The molecule has 0 saturated heterocycles. The van der Waals surface area contributed by atoms with Crippen LogP contribution in [0.2, 0.25) is 0 Å². The van der Waals surface area contributed by atoms with Crippen LogP contribution in [0, 0.1) is 11.3 Å². The van der Waals surface area contributed by atoms with Gasteiger partial charge in [0.15, 0.2) is 0 Å². The summed E-state index contributed by atoms with van der Waals surface area (Å²) < 4.78 is 4.80. The van der Waals surface area contributed by atoms with Crippen molar-refractivity contribution in [3.63, 3.8) is 0 Å². The number of carbonyl (C=O) groups excluding carboxylic acids is 1. The second-order valence-electron chi connectivity index (χ2n) is 5.50. The smallest absolute Gasteiger partial charge is 0.311 e. The van der Waals surface area contributed by atoms with Crippen LogP contribution in [-0.4, -0.2) is 24.3 Å².